The van der Waals surface area contributed by atoms with Crippen LogP contribution < -0.4 is 4.90 Å². The van der Waals surface area contributed by atoms with Crippen LogP contribution >= 0.6 is 31.9 Å². The molecule has 0 atom stereocenters. The Morgan fingerprint density at radius 2 is 2.00 bits per heavy atom. The van der Waals surface area contributed by atoms with Crippen LogP contribution in [0.3, 0.4) is 0 Å². The Kier molecular flexibility index (Phi) is 6.12. The van der Waals surface area contributed by atoms with Crippen LogP contribution in [-0.4, -0.2) is 42.1 Å². The van der Waals surface area contributed by atoms with E-state index in [1.807, 2.05) is 0 Å². The molecule has 4 nitrogen and oxygen atoms in total. The van der Waals surface area contributed by atoms with E-state index in [0.29, 0.717) is 6.61 Å². The van der Waals surface area contributed by atoms with Gasteiger partial charge < -0.3 is 9.64 Å². The molecule has 0 aliphatic carbocycles. The number of anilines is 1. The smallest absolute Gasteiger partial charge is 0.225 e. The summed E-state index contributed by atoms with van der Waals surface area (Å²) in [6.07, 6.45) is 3.49. The number of alkyl halides is 1. The zero-order valence-corrected chi connectivity index (χ0v) is 11.7. The van der Waals surface area contributed by atoms with Crippen molar-refractivity contribution >= 4 is 37.8 Å². The Bertz CT molecular complexity index is 281. The van der Waals surface area contributed by atoms with Gasteiger partial charge in [0, 0.05) is 37.9 Å². The van der Waals surface area contributed by atoms with Crippen LogP contribution in [0.1, 0.15) is 0 Å². The number of halogens is 2. The first-order valence-corrected chi connectivity index (χ1v) is 6.46. The molecule has 0 amide bonds. The van der Waals surface area contributed by atoms with Crippen molar-refractivity contribution in [3.05, 3.63) is 16.9 Å². The Morgan fingerprint density at radius 3 is 2.53 bits per heavy atom. The van der Waals surface area contributed by atoms with Crippen LogP contribution in [0.15, 0.2) is 16.9 Å². The van der Waals surface area contributed by atoms with Gasteiger partial charge in [0.05, 0.1) is 11.1 Å². The molecule has 0 aliphatic heterocycles. The van der Waals surface area contributed by atoms with E-state index in [1.165, 1.54) is 0 Å². The van der Waals surface area contributed by atoms with Crippen LogP contribution in [0, 0.1) is 0 Å². The molecule has 84 valence electrons. The van der Waals surface area contributed by atoms with Crippen LogP contribution in [0.2, 0.25) is 0 Å². The van der Waals surface area contributed by atoms with Gasteiger partial charge in [-0.3, -0.25) is 0 Å². The summed E-state index contributed by atoms with van der Waals surface area (Å²) in [4.78, 5) is 10.6. The van der Waals surface area contributed by atoms with Gasteiger partial charge in [0.2, 0.25) is 5.95 Å². The molecular weight excluding hydrogens is 326 g/mol. The van der Waals surface area contributed by atoms with Gasteiger partial charge >= 0.3 is 0 Å². The fourth-order valence-electron chi connectivity index (χ4n) is 1.08. The van der Waals surface area contributed by atoms with E-state index >= 15 is 0 Å². The Hall–Kier alpha value is -0.200. The zero-order valence-electron chi connectivity index (χ0n) is 8.49. The second kappa shape index (κ2) is 7.14. The molecule has 6 heteroatoms. The summed E-state index contributed by atoms with van der Waals surface area (Å²) in [6, 6.07) is 0. The normalized spacial score (nSPS) is 10.3. The maximum absolute atomic E-state index is 5.04. The molecule has 0 unspecified atom stereocenters. The van der Waals surface area contributed by atoms with Crippen molar-refractivity contribution in [2.75, 3.05) is 37.0 Å². The summed E-state index contributed by atoms with van der Waals surface area (Å²) in [6.45, 7) is 2.33. The second-order valence-corrected chi connectivity index (χ2v) is 4.58. The molecular formula is C9H13Br2N3O. The number of methoxy groups -OCH3 is 1. The minimum atomic E-state index is 0.673. The molecule has 0 aromatic carbocycles. The third-order valence-electron chi connectivity index (χ3n) is 1.81. The first-order valence-electron chi connectivity index (χ1n) is 4.55. The summed E-state index contributed by atoms with van der Waals surface area (Å²) in [7, 11) is 1.69. The highest BCUT2D eigenvalue weighted by molar-refractivity contribution is 9.10. The monoisotopic (exact) mass is 337 g/mol. The van der Waals surface area contributed by atoms with Gasteiger partial charge in [-0.15, -0.1) is 0 Å². The van der Waals surface area contributed by atoms with Crippen molar-refractivity contribution < 1.29 is 4.74 Å². The van der Waals surface area contributed by atoms with Gasteiger partial charge in [0.25, 0.3) is 0 Å². The van der Waals surface area contributed by atoms with Gasteiger partial charge in [-0.05, 0) is 15.9 Å². The Balaban J connectivity index is 2.65. The molecule has 0 aliphatic rings. The fourth-order valence-corrected chi connectivity index (χ4v) is 1.72. The molecule has 0 saturated carbocycles. The molecule has 1 aromatic rings. The minimum Gasteiger partial charge on any atom is -0.383 e. The third kappa shape index (κ3) is 4.44. The number of rotatable bonds is 6. The number of hydrogen-bond donors (Lipinski definition) is 0. The van der Waals surface area contributed by atoms with Crippen molar-refractivity contribution in [3.63, 3.8) is 0 Å². The first-order chi connectivity index (χ1) is 7.27. The van der Waals surface area contributed by atoms with Crippen molar-refractivity contribution in [2.24, 2.45) is 0 Å². The van der Waals surface area contributed by atoms with Gasteiger partial charge in [0.1, 0.15) is 0 Å². The highest BCUT2D eigenvalue weighted by atomic mass is 79.9. The predicted octanol–water partition coefficient (Wildman–Crippen LogP) is 2.09. The predicted molar refractivity (Wildman–Crippen MR) is 67.6 cm³/mol. The maximum atomic E-state index is 5.04. The Labute approximate surface area is 106 Å². The van der Waals surface area contributed by atoms with E-state index in [2.05, 4.69) is 46.7 Å². The Morgan fingerprint density at radius 1 is 1.33 bits per heavy atom. The molecule has 1 aromatic heterocycles. The zero-order chi connectivity index (χ0) is 11.1. The van der Waals surface area contributed by atoms with Crippen molar-refractivity contribution in [1.29, 1.82) is 0 Å². The minimum absolute atomic E-state index is 0.673. The summed E-state index contributed by atoms with van der Waals surface area (Å²) in [5.74, 6) is 0.731. The summed E-state index contributed by atoms with van der Waals surface area (Å²) in [5, 5.41) is 0.885. The summed E-state index contributed by atoms with van der Waals surface area (Å²) >= 11 is 6.72. The van der Waals surface area contributed by atoms with Crippen molar-refractivity contribution in [3.8, 4) is 0 Å². The van der Waals surface area contributed by atoms with E-state index in [4.69, 9.17) is 4.74 Å². The maximum Gasteiger partial charge on any atom is 0.225 e. The lowest BCUT2D eigenvalue weighted by molar-refractivity contribution is 0.205. The molecule has 0 radical (unpaired) electrons. The highest BCUT2D eigenvalue weighted by Gasteiger charge is 2.07. The van der Waals surface area contributed by atoms with E-state index in [0.717, 1.165) is 28.8 Å². The lowest BCUT2D eigenvalue weighted by Gasteiger charge is -2.20. The first kappa shape index (κ1) is 12.9. The van der Waals surface area contributed by atoms with Crippen molar-refractivity contribution in [2.45, 2.75) is 0 Å². The van der Waals surface area contributed by atoms with Gasteiger partial charge in [-0.2, -0.15) is 0 Å². The van der Waals surface area contributed by atoms with E-state index < -0.39 is 0 Å². The summed E-state index contributed by atoms with van der Waals surface area (Å²) in [5.41, 5.74) is 0. The summed E-state index contributed by atoms with van der Waals surface area (Å²) < 4.78 is 5.93. The van der Waals surface area contributed by atoms with Gasteiger partial charge in [0.15, 0.2) is 0 Å². The number of hydrogen-bond acceptors (Lipinski definition) is 4. The molecule has 1 heterocycles. The SMILES string of the molecule is COCCN(CCBr)c1ncc(Br)cn1. The van der Waals surface area contributed by atoms with Crippen molar-refractivity contribution in [1.82, 2.24) is 9.97 Å². The highest BCUT2D eigenvalue weighted by Crippen LogP contribution is 2.10. The van der Waals surface area contributed by atoms with Crippen LogP contribution in [-0.2, 0) is 4.74 Å². The molecule has 1 rings (SSSR count). The molecule has 0 saturated heterocycles. The molecule has 15 heavy (non-hydrogen) atoms. The van der Waals surface area contributed by atoms with Crippen LogP contribution in [0.4, 0.5) is 5.95 Å². The van der Waals surface area contributed by atoms with Crippen LogP contribution in [0.5, 0.6) is 0 Å². The average molecular weight is 339 g/mol. The van der Waals surface area contributed by atoms with Gasteiger partial charge in [-0.1, -0.05) is 15.9 Å². The fraction of sp³-hybridized carbons (Fsp3) is 0.556. The standard InChI is InChI=1S/C9H13Br2N3O/c1-15-5-4-14(3-2-10)9-12-6-8(11)7-13-9/h6-7H,2-5H2,1H3. The number of ether oxygens (including phenoxy) is 1. The van der Waals surface area contributed by atoms with Gasteiger partial charge in [-0.25, -0.2) is 9.97 Å². The third-order valence-corrected chi connectivity index (χ3v) is 2.57. The lowest BCUT2D eigenvalue weighted by atomic mass is 10.5. The van der Waals surface area contributed by atoms with E-state index in [1.54, 1.807) is 19.5 Å². The lowest BCUT2D eigenvalue weighted by Crippen LogP contribution is -2.30. The average Bonchev–Trinajstić information content (AvgIpc) is 2.25. The molecule has 0 bridgehead atoms. The largest absolute Gasteiger partial charge is 0.383 e. The quantitative estimate of drug-likeness (QED) is 0.744. The van der Waals surface area contributed by atoms with E-state index in [-0.39, 0.29) is 0 Å². The molecule has 0 N–H and O–H groups in total. The topological polar surface area (TPSA) is 38.2 Å². The van der Waals surface area contributed by atoms with Crippen LogP contribution in [0.25, 0.3) is 0 Å². The molecule has 0 fully saturated rings. The molecule has 0 spiro atoms. The number of nitrogens with zero attached hydrogens (tertiary/aromatic N) is 3. The number of aromatic nitrogens is 2. The van der Waals surface area contributed by atoms with E-state index in [9.17, 15) is 0 Å². The second-order valence-electron chi connectivity index (χ2n) is 2.87.